The molecule has 0 aliphatic heterocycles. The van der Waals surface area contributed by atoms with Gasteiger partial charge in [0.2, 0.25) is 0 Å². The molecule has 0 spiro atoms. The Hall–Kier alpha value is -3.03. The molecule has 2 aromatic rings. The fourth-order valence-electron chi connectivity index (χ4n) is 2.36. The number of nitrogens with one attached hydrogen (secondary N) is 2. The third-order valence-corrected chi connectivity index (χ3v) is 5.53. The molecule has 2 N–H and O–H groups in total. The Balaban J connectivity index is 2.36. The largest absolute Gasteiger partial charge is 0.492 e. The van der Waals surface area contributed by atoms with E-state index in [1.807, 2.05) is 0 Å². The molecule has 0 aliphatic rings. The Kier molecular flexibility index (Phi) is 8.26. The highest BCUT2D eigenvalue weighted by Gasteiger charge is 2.21. The zero-order valence-corrected chi connectivity index (χ0v) is 18.7. The Labute approximate surface area is 183 Å². The molecule has 0 aromatic heterocycles. The predicted molar refractivity (Wildman–Crippen MR) is 117 cm³/mol. The van der Waals surface area contributed by atoms with E-state index in [0.29, 0.717) is 16.8 Å². The van der Waals surface area contributed by atoms with Crippen molar-refractivity contribution in [3.63, 3.8) is 0 Å². The van der Waals surface area contributed by atoms with Gasteiger partial charge in [-0.1, -0.05) is 28.1 Å². The normalized spacial score (nSPS) is 11.3. The Morgan fingerprint density at radius 1 is 1.17 bits per heavy atom. The van der Waals surface area contributed by atoms with E-state index in [1.165, 1.54) is 6.07 Å². The molecular weight excluding hydrogens is 474 g/mol. The van der Waals surface area contributed by atoms with Gasteiger partial charge >= 0.3 is 5.97 Å². The van der Waals surface area contributed by atoms with Crippen molar-refractivity contribution in [3.8, 4) is 11.8 Å². The van der Waals surface area contributed by atoms with Gasteiger partial charge in [0, 0.05) is 10.7 Å². The van der Waals surface area contributed by atoms with Crippen molar-refractivity contribution in [1.82, 2.24) is 0 Å². The lowest BCUT2D eigenvalue weighted by Gasteiger charge is -2.15. The lowest BCUT2D eigenvalue weighted by molar-refractivity contribution is -0.138. The first-order chi connectivity index (χ1) is 14.3. The summed E-state index contributed by atoms with van der Waals surface area (Å²) >= 11 is 3.27. The van der Waals surface area contributed by atoms with Gasteiger partial charge in [0.25, 0.3) is 10.0 Å². The summed E-state index contributed by atoms with van der Waals surface area (Å²) in [6.07, 6.45) is 1.16. The zero-order valence-electron chi connectivity index (χ0n) is 16.3. The molecule has 0 atom stereocenters. The van der Waals surface area contributed by atoms with E-state index >= 15 is 0 Å². The summed E-state index contributed by atoms with van der Waals surface area (Å²) in [5.41, 5.74) is 0.309. The molecule has 10 heteroatoms. The van der Waals surface area contributed by atoms with Crippen LogP contribution in [0.5, 0.6) is 5.75 Å². The average Bonchev–Trinajstić information content (AvgIpc) is 2.71. The maximum Gasteiger partial charge on any atom is 0.350 e. The number of nitrogens with zero attached hydrogens (tertiary/aromatic N) is 1. The number of nitriles is 1. The van der Waals surface area contributed by atoms with Crippen LogP contribution < -0.4 is 14.8 Å². The maximum atomic E-state index is 13.0. The molecule has 2 rings (SSSR count). The zero-order chi connectivity index (χ0) is 22.1. The van der Waals surface area contributed by atoms with Gasteiger partial charge in [0.1, 0.15) is 16.7 Å². The van der Waals surface area contributed by atoms with Gasteiger partial charge in [-0.15, -0.1) is 0 Å². The maximum absolute atomic E-state index is 13.0. The number of esters is 1. The van der Waals surface area contributed by atoms with E-state index < -0.39 is 16.0 Å². The molecule has 0 heterocycles. The number of anilines is 2. The number of para-hydroxylation sites is 2. The number of carbonyl (C=O) groups excluding carboxylic acids is 1. The lowest BCUT2D eigenvalue weighted by Crippen LogP contribution is -2.15. The van der Waals surface area contributed by atoms with Gasteiger partial charge in [0.15, 0.2) is 5.57 Å². The van der Waals surface area contributed by atoms with Crippen LogP contribution in [-0.2, 0) is 19.6 Å². The van der Waals surface area contributed by atoms with E-state index in [0.717, 1.165) is 6.20 Å². The summed E-state index contributed by atoms with van der Waals surface area (Å²) < 4.78 is 39.3. The van der Waals surface area contributed by atoms with Crippen LogP contribution in [0.1, 0.15) is 13.8 Å². The van der Waals surface area contributed by atoms with Crippen molar-refractivity contribution < 1.29 is 22.7 Å². The van der Waals surface area contributed by atoms with Crippen LogP contribution in [0.25, 0.3) is 0 Å². The van der Waals surface area contributed by atoms with Crippen LogP contribution >= 0.6 is 15.9 Å². The smallest absolute Gasteiger partial charge is 0.350 e. The van der Waals surface area contributed by atoms with Gasteiger partial charge < -0.3 is 14.8 Å². The van der Waals surface area contributed by atoms with Crippen LogP contribution in [0.15, 0.2) is 63.6 Å². The highest BCUT2D eigenvalue weighted by atomic mass is 79.9. The monoisotopic (exact) mass is 493 g/mol. The SMILES string of the molecule is CCOC(=O)/C(C#N)=C/Nc1ccccc1NS(=O)(=O)c1cc(Br)ccc1OCC. The number of benzene rings is 2. The Morgan fingerprint density at radius 2 is 1.87 bits per heavy atom. The Morgan fingerprint density at radius 3 is 2.50 bits per heavy atom. The number of rotatable bonds is 9. The number of sulfonamides is 1. The second-order valence-corrected chi connectivity index (χ2v) is 8.28. The topological polar surface area (TPSA) is 118 Å². The molecule has 0 saturated carbocycles. The summed E-state index contributed by atoms with van der Waals surface area (Å²) in [6.45, 7) is 3.82. The van der Waals surface area contributed by atoms with Crippen molar-refractivity contribution in [2.45, 2.75) is 18.7 Å². The Bertz CT molecular complexity index is 1090. The number of hydrogen-bond acceptors (Lipinski definition) is 7. The lowest BCUT2D eigenvalue weighted by atomic mass is 10.2. The summed E-state index contributed by atoms with van der Waals surface area (Å²) in [5.74, 6) is -0.561. The summed E-state index contributed by atoms with van der Waals surface area (Å²) in [6, 6.07) is 12.9. The minimum atomic E-state index is -4.00. The molecule has 0 radical (unpaired) electrons. The van der Waals surface area contributed by atoms with Crippen molar-refractivity contribution >= 4 is 43.3 Å². The first-order valence-electron chi connectivity index (χ1n) is 8.90. The van der Waals surface area contributed by atoms with Crippen LogP contribution in [0.4, 0.5) is 11.4 Å². The number of carbonyl (C=O) groups is 1. The minimum Gasteiger partial charge on any atom is -0.492 e. The van der Waals surface area contributed by atoms with Gasteiger partial charge in [-0.25, -0.2) is 13.2 Å². The number of hydrogen-bond donors (Lipinski definition) is 2. The van der Waals surface area contributed by atoms with E-state index in [9.17, 15) is 13.2 Å². The second-order valence-electron chi connectivity index (χ2n) is 5.71. The van der Waals surface area contributed by atoms with E-state index in [-0.39, 0.29) is 28.5 Å². The average molecular weight is 494 g/mol. The van der Waals surface area contributed by atoms with Gasteiger partial charge in [-0.3, -0.25) is 4.72 Å². The first kappa shape index (κ1) is 23.3. The van der Waals surface area contributed by atoms with Crippen LogP contribution in [0.2, 0.25) is 0 Å². The molecular formula is C20H20BrN3O5S. The molecule has 0 amide bonds. The molecule has 2 aromatic carbocycles. The molecule has 30 heavy (non-hydrogen) atoms. The van der Waals surface area contributed by atoms with Gasteiger partial charge in [-0.05, 0) is 44.2 Å². The summed E-state index contributed by atoms with van der Waals surface area (Å²) in [5, 5.41) is 11.9. The molecule has 0 saturated heterocycles. The highest BCUT2D eigenvalue weighted by Crippen LogP contribution is 2.31. The van der Waals surface area contributed by atoms with Crippen LogP contribution in [0.3, 0.4) is 0 Å². The van der Waals surface area contributed by atoms with Gasteiger partial charge in [0.05, 0.1) is 24.6 Å². The third kappa shape index (κ3) is 5.98. The fourth-order valence-corrected chi connectivity index (χ4v) is 4.12. The summed E-state index contributed by atoms with van der Waals surface area (Å²) in [4.78, 5) is 11.7. The van der Waals surface area contributed by atoms with E-state index in [2.05, 4.69) is 26.0 Å². The molecule has 0 fully saturated rings. The van der Waals surface area contributed by atoms with E-state index in [1.54, 1.807) is 56.3 Å². The fraction of sp³-hybridized carbons (Fsp3) is 0.200. The second kappa shape index (κ2) is 10.7. The van der Waals surface area contributed by atoms with Crippen molar-refractivity contribution in [3.05, 3.63) is 58.7 Å². The first-order valence-corrected chi connectivity index (χ1v) is 11.2. The van der Waals surface area contributed by atoms with E-state index in [4.69, 9.17) is 14.7 Å². The summed E-state index contributed by atoms with van der Waals surface area (Å²) in [7, 11) is -4.00. The molecule has 0 unspecified atom stereocenters. The molecule has 8 nitrogen and oxygen atoms in total. The predicted octanol–water partition coefficient (Wildman–Crippen LogP) is 4.03. The molecule has 158 valence electrons. The standard InChI is InChI=1S/C20H20BrN3O5S/c1-3-28-18-10-9-15(21)11-19(18)30(26,27)24-17-8-6-5-7-16(17)23-13-14(12-22)20(25)29-4-2/h5-11,13,23-24H,3-4H2,1-2H3/b14-13+. The highest BCUT2D eigenvalue weighted by molar-refractivity contribution is 9.10. The molecule has 0 bridgehead atoms. The van der Waals surface area contributed by atoms with Crippen molar-refractivity contribution in [2.24, 2.45) is 0 Å². The molecule has 0 aliphatic carbocycles. The third-order valence-electron chi connectivity index (χ3n) is 3.65. The number of halogens is 1. The van der Waals surface area contributed by atoms with Crippen molar-refractivity contribution in [2.75, 3.05) is 23.3 Å². The van der Waals surface area contributed by atoms with Crippen LogP contribution in [-0.4, -0.2) is 27.6 Å². The van der Waals surface area contributed by atoms with Crippen LogP contribution in [0, 0.1) is 11.3 Å². The number of ether oxygens (including phenoxy) is 2. The van der Waals surface area contributed by atoms with Crippen molar-refractivity contribution in [1.29, 1.82) is 5.26 Å². The minimum absolute atomic E-state index is 0.0340. The quantitative estimate of drug-likeness (QED) is 0.307. The van der Waals surface area contributed by atoms with Gasteiger partial charge in [-0.2, -0.15) is 5.26 Å².